The van der Waals surface area contributed by atoms with E-state index in [1.807, 2.05) is 0 Å². The van der Waals surface area contributed by atoms with Crippen LogP contribution in [0.3, 0.4) is 0 Å². The summed E-state index contributed by atoms with van der Waals surface area (Å²) < 4.78 is 18.0. The number of alkyl halides is 1. The van der Waals surface area contributed by atoms with E-state index in [0.29, 0.717) is 24.3 Å². The molecule has 1 unspecified atom stereocenters. The summed E-state index contributed by atoms with van der Waals surface area (Å²) in [7, 11) is 0. The molecule has 5 atom stereocenters. The number of amides is 1. The summed E-state index contributed by atoms with van der Waals surface area (Å²) in [4.78, 5) is 12.1. The van der Waals surface area contributed by atoms with Crippen LogP contribution >= 0.6 is 0 Å². The van der Waals surface area contributed by atoms with Gasteiger partial charge in [-0.3, -0.25) is 4.79 Å². The van der Waals surface area contributed by atoms with E-state index in [4.69, 9.17) is 4.52 Å². The van der Waals surface area contributed by atoms with Crippen LogP contribution in [-0.4, -0.2) is 35.4 Å². The van der Waals surface area contributed by atoms with E-state index in [0.717, 1.165) is 12.8 Å². The molecule has 108 valence electrons. The Kier molecular flexibility index (Phi) is 2.80. The quantitative estimate of drug-likeness (QED) is 0.880. The normalized spacial score (nSPS) is 38.8. The van der Waals surface area contributed by atoms with E-state index in [2.05, 4.69) is 15.8 Å². The average molecular weight is 279 g/mol. The van der Waals surface area contributed by atoms with Crippen molar-refractivity contribution in [1.29, 1.82) is 0 Å². The van der Waals surface area contributed by atoms with Crippen LogP contribution < -0.4 is 10.6 Å². The first-order chi connectivity index (χ1) is 9.69. The number of hydrogen-bond donors (Lipinski definition) is 2. The summed E-state index contributed by atoms with van der Waals surface area (Å²) in [5, 5.41) is 10.3. The van der Waals surface area contributed by atoms with E-state index >= 15 is 0 Å². The van der Waals surface area contributed by atoms with Crippen LogP contribution in [-0.2, 0) is 0 Å². The molecule has 20 heavy (non-hydrogen) atoms. The van der Waals surface area contributed by atoms with Crippen molar-refractivity contribution in [3.05, 3.63) is 17.5 Å². The second-order valence-electron chi connectivity index (χ2n) is 6.25. The summed E-state index contributed by atoms with van der Waals surface area (Å²) in [6, 6.07) is 2.85. The molecule has 2 saturated heterocycles. The summed E-state index contributed by atoms with van der Waals surface area (Å²) in [6.45, 7) is 0. The Labute approximate surface area is 116 Å². The smallest absolute Gasteiger partial charge is 0.273 e. The van der Waals surface area contributed by atoms with Gasteiger partial charge in [-0.1, -0.05) is 5.16 Å². The number of hydrogen-bond acceptors (Lipinski definition) is 4. The van der Waals surface area contributed by atoms with Gasteiger partial charge >= 0.3 is 0 Å². The highest BCUT2D eigenvalue weighted by atomic mass is 19.1. The molecule has 1 aromatic rings. The monoisotopic (exact) mass is 279 g/mol. The fourth-order valence-electron chi connectivity index (χ4n) is 3.46. The van der Waals surface area contributed by atoms with Gasteiger partial charge in [0.15, 0.2) is 5.69 Å². The van der Waals surface area contributed by atoms with Crippen molar-refractivity contribution in [2.24, 2.45) is 0 Å². The van der Waals surface area contributed by atoms with Gasteiger partial charge < -0.3 is 15.2 Å². The lowest BCUT2D eigenvalue weighted by Crippen LogP contribution is -2.48. The van der Waals surface area contributed by atoms with Crippen molar-refractivity contribution in [2.75, 3.05) is 0 Å². The zero-order valence-corrected chi connectivity index (χ0v) is 11.1. The Hall–Kier alpha value is -1.43. The molecule has 5 nitrogen and oxygen atoms in total. The van der Waals surface area contributed by atoms with Gasteiger partial charge in [-0.2, -0.15) is 0 Å². The largest absolute Gasteiger partial charge is 0.360 e. The fourth-order valence-corrected chi connectivity index (χ4v) is 3.46. The fraction of sp³-hybridized carbons (Fsp3) is 0.714. The van der Waals surface area contributed by atoms with Gasteiger partial charge in [-0.25, -0.2) is 4.39 Å². The summed E-state index contributed by atoms with van der Waals surface area (Å²) in [5.74, 6) is 0.0918. The van der Waals surface area contributed by atoms with E-state index in [1.165, 1.54) is 12.8 Å². The molecular formula is C14H18FN3O2. The molecule has 4 rings (SSSR count). The summed E-state index contributed by atoms with van der Waals surface area (Å²) in [5.41, 5.74) is 0.268. The zero-order valence-electron chi connectivity index (χ0n) is 11.1. The van der Waals surface area contributed by atoms with Crippen LogP contribution in [0.25, 0.3) is 0 Å². The van der Waals surface area contributed by atoms with Crippen LogP contribution in [0.1, 0.15) is 54.3 Å². The Balaban J connectivity index is 1.39. The van der Waals surface area contributed by atoms with Crippen LogP contribution in [0.4, 0.5) is 4.39 Å². The second kappa shape index (κ2) is 4.55. The second-order valence-corrected chi connectivity index (χ2v) is 6.25. The molecule has 3 heterocycles. The standard InChI is InChI=1S/C14H18FN3O2/c15-11-5-10(11)13-6-12(18-20-13)14(19)17-9-3-7-1-2-8(4-9)16-7/h6-11,16H,1-5H2,(H,17,19)/t7-,8+,9?,10-,11-/m1/s1. The molecule has 0 radical (unpaired) electrons. The zero-order chi connectivity index (χ0) is 13.7. The summed E-state index contributed by atoms with van der Waals surface area (Å²) in [6.07, 6.45) is 3.99. The predicted molar refractivity (Wildman–Crippen MR) is 69.2 cm³/mol. The van der Waals surface area contributed by atoms with Crippen molar-refractivity contribution in [2.45, 2.75) is 62.3 Å². The first kappa shape index (κ1) is 12.3. The van der Waals surface area contributed by atoms with Crippen molar-refractivity contribution in [1.82, 2.24) is 15.8 Å². The number of carbonyl (C=O) groups excluding carboxylic acids is 1. The molecule has 1 aromatic heterocycles. The van der Waals surface area contributed by atoms with Crippen molar-refractivity contribution < 1.29 is 13.7 Å². The van der Waals surface area contributed by atoms with E-state index in [9.17, 15) is 9.18 Å². The number of piperidine rings is 1. The minimum atomic E-state index is -0.834. The van der Waals surface area contributed by atoms with E-state index in [-0.39, 0.29) is 23.6 Å². The molecule has 2 aliphatic heterocycles. The van der Waals surface area contributed by atoms with Gasteiger partial charge in [-0.15, -0.1) is 0 Å². The van der Waals surface area contributed by atoms with Crippen molar-refractivity contribution >= 4 is 5.91 Å². The van der Waals surface area contributed by atoms with Crippen molar-refractivity contribution in [3.8, 4) is 0 Å². The number of rotatable bonds is 3. The minimum Gasteiger partial charge on any atom is -0.360 e. The molecular weight excluding hydrogens is 261 g/mol. The number of carbonyl (C=O) groups is 1. The Morgan fingerprint density at radius 3 is 2.70 bits per heavy atom. The Bertz CT molecular complexity index is 520. The summed E-state index contributed by atoms with van der Waals surface area (Å²) >= 11 is 0. The van der Waals surface area contributed by atoms with Crippen LogP contribution in [0, 0.1) is 0 Å². The van der Waals surface area contributed by atoms with Crippen LogP contribution in [0.15, 0.2) is 10.6 Å². The number of nitrogens with zero attached hydrogens (tertiary/aromatic N) is 1. The van der Waals surface area contributed by atoms with Crippen LogP contribution in [0.5, 0.6) is 0 Å². The highest BCUT2D eigenvalue weighted by molar-refractivity contribution is 5.92. The average Bonchev–Trinajstić information content (AvgIpc) is 2.87. The molecule has 0 spiro atoms. The maximum atomic E-state index is 12.9. The molecule has 1 aliphatic carbocycles. The number of aromatic nitrogens is 1. The van der Waals surface area contributed by atoms with E-state index in [1.54, 1.807) is 6.07 Å². The first-order valence-corrected chi connectivity index (χ1v) is 7.36. The number of nitrogens with one attached hydrogen (secondary N) is 2. The minimum absolute atomic E-state index is 0.196. The van der Waals surface area contributed by atoms with Gasteiger partial charge in [0, 0.05) is 24.2 Å². The molecule has 1 amide bonds. The maximum absolute atomic E-state index is 12.9. The third-order valence-electron chi connectivity index (χ3n) is 4.65. The van der Waals surface area contributed by atoms with E-state index < -0.39 is 6.17 Å². The third kappa shape index (κ3) is 2.22. The first-order valence-electron chi connectivity index (χ1n) is 7.36. The highest BCUT2D eigenvalue weighted by Crippen LogP contribution is 2.43. The van der Waals surface area contributed by atoms with Crippen LogP contribution in [0.2, 0.25) is 0 Å². The predicted octanol–water partition coefficient (Wildman–Crippen LogP) is 1.51. The maximum Gasteiger partial charge on any atom is 0.273 e. The third-order valence-corrected chi connectivity index (χ3v) is 4.65. The molecule has 0 aromatic carbocycles. The lowest BCUT2D eigenvalue weighted by Gasteiger charge is -2.29. The SMILES string of the molecule is O=C(NC1C[C@H]2CC[C@@H](C1)N2)c1cc([C@@H]2C[C@H]2F)on1. The molecule has 3 aliphatic rings. The molecule has 2 N–H and O–H groups in total. The molecule has 1 saturated carbocycles. The van der Waals surface area contributed by atoms with Gasteiger partial charge in [0.1, 0.15) is 11.9 Å². The number of fused-ring (bicyclic) bond motifs is 2. The lowest BCUT2D eigenvalue weighted by molar-refractivity contribution is 0.0914. The van der Waals surface area contributed by atoms with Gasteiger partial charge in [0.2, 0.25) is 0 Å². The number of halogens is 1. The van der Waals surface area contributed by atoms with Crippen molar-refractivity contribution in [3.63, 3.8) is 0 Å². The molecule has 2 bridgehead atoms. The lowest BCUT2D eigenvalue weighted by atomic mass is 10.00. The Morgan fingerprint density at radius 1 is 1.35 bits per heavy atom. The van der Waals surface area contributed by atoms with Gasteiger partial charge in [-0.05, 0) is 32.1 Å². The topological polar surface area (TPSA) is 67.2 Å². The molecule has 6 heteroatoms. The van der Waals surface area contributed by atoms with Gasteiger partial charge in [0.25, 0.3) is 5.91 Å². The molecule has 3 fully saturated rings. The highest BCUT2D eigenvalue weighted by Gasteiger charge is 2.42. The van der Waals surface area contributed by atoms with Gasteiger partial charge in [0.05, 0.1) is 5.92 Å². The Morgan fingerprint density at radius 2 is 2.05 bits per heavy atom.